The second-order valence-corrected chi connectivity index (χ2v) is 6.02. The van der Waals surface area contributed by atoms with Crippen LogP contribution in [0.5, 0.6) is 0 Å². The number of amides is 1. The minimum atomic E-state index is -4.74. The molecule has 28 heavy (non-hydrogen) atoms. The number of fused-ring (bicyclic) bond motifs is 1. The zero-order chi connectivity index (χ0) is 20.5. The van der Waals surface area contributed by atoms with Gasteiger partial charge in [-0.3, -0.25) is 14.9 Å². The Morgan fingerprint density at radius 1 is 1.14 bits per heavy atom. The summed E-state index contributed by atoms with van der Waals surface area (Å²) in [6.07, 6.45) is -3.19. The first kappa shape index (κ1) is 19.3. The highest BCUT2D eigenvalue weighted by molar-refractivity contribution is 5.85. The van der Waals surface area contributed by atoms with E-state index in [1.165, 1.54) is 22.8 Å². The monoisotopic (exact) mass is 395 g/mol. The molecular weight excluding hydrogens is 382 g/mol. The second kappa shape index (κ2) is 7.29. The lowest BCUT2D eigenvalue weighted by Crippen LogP contribution is -2.28. The number of alkyl halides is 3. The maximum absolute atomic E-state index is 13.1. The predicted octanol–water partition coefficient (Wildman–Crippen LogP) is 4.02. The van der Waals surface area contributed by atoms with E-state index < -0.39 is 34.9 Å². The van der Waals surface area contributed by atoms with Crippen LogP contribution in [0, 0.1) is 15.9 Å². The van der Waals surface area contributed by atoms with Crippen LogP contribution in [0.2, 0.25) is 0 Å². The molecular formula is C18H13F4N3O3. The highest BCUT2D eigenvalue weighted by Crippen LogP contribution is 2.32. The van der Waals surface area contributed by atoms with E-state index in [0.717, 1.165) is 12.1 Å². The van der Waals surface area contributed by atoms with Crippen LogP contribution >= 0.6 is 0 Å². The van der Waals surface area contributed by atoms with Crippen molar-refractivity contribution >= 4 is 22.5 Å². The van der Waals surface area contributed by atoms with Gasteiger partial charge in [0, 0.05) is 35.8 Å². The van der Waals surface area contributed by atoms with Gasteiger partial charge >= 0.3 is 6.18 Å². The number of halogens is 4. The Balaban J connectivity index is 1.72. The van der Waals surface area contributed by atoms with E-state index in [9.17, 15) is 32.5 Å². The standard InChI is InChI=1S/C18H13F4N3O3/c19-13-2-1-12(15(8-13)18(20,21)22)9-23-17(26)10-24-6-5-11-7-14(25(27)28)3-4-16(11)24/h1-8H,9-10H2,(H,23,26). The van der Waals surface area contributed by atoms with Gasteiger partial charge in [-0.1, -0.05) is 6.07 Å². The molecule has 1 amide bonds. The largest absolute Gasteiger partial charge is 0.416 e. The third-order valence-corrected chi connectivity index (χ3v) is 4.13. The van der Waals surface area contributed by atoms with Crippen molar-refractivity contribution in [3.63, 3.8) is 0 Å². The molecule has 0 saturated carbocycles. The maximum Gasteiger partial charge on any atom is 0.416 e. The van der Waals surface area contributed by atoms with Crippen LogP contribution in [-0.4, -0.2) is 15.4 Å². The first-order valence-electron chi connectivity index (χ1n) is 8.01. The molecule has 10 heteroatoms. The molecule has 1 aromatic heterocycles. The number of carbonyl (C=O) groups excluding carboxylic acids is 1. The van der Waals surface area contributed by atoms with Gasteiger partial charge in [-0.15, -0.1) is 0 Å². The van der Waals surface area contributed by atoms with Gasteiger partial charge in [0.1, 0.15) is 12.4 Å². The molecule has 3 aromatic rings. The second-order valence-electron chi connectivity index (χ2n) is 6.02. The van der Waals surface area contributed by atoms with Gasteiger partial charge in [-0.05, 0) is 29.8 Å². The summed E-state index contributed by atoms with van der Waals surface area (Å²) in [4.78, 5) is 22.4. The minimum Gasteiger partial charge on any atom is -0.350 e. The lowest BCUT2D eigenvalue weighted by molar-refractivity contribution is -0.384. The van der Waals surface area contributed by atoms with Crippen molar-refractivity contribution in [2.45, 2.75) is 19.3 Å². The first-order chi connectivity index (χ1) is 13.1. The number of carbonyl (C=O) groups is 1. The average molecular weight is 395 g/mol. The number of non-ortho nitro benzene ring substituents is 1. The van der Waals surface area contributed by atoms with E-state index in [1.807, 2.05) is 0 Å². The number of nitrogens with one attached hydrogen (secondary N) is 1. The number of nitro benzene ring substituents is 1. The number of hydrogen-bond acceptors (Lipinski definition) is 3. The molecule has 0 atom stereocenters. The number of benzene rings is 2. The highest BCUT2D eigenvalue weighted by atomic mass is 19.4. The molecule has 0 aliphatic heterocycles. The molecule has 1 N–H and O–H groups in total. The molecule has 0 spiro atoms. The number of hydrogen-bond donors (Lipinski definition) is 1. The van der Waals surface area contributed by atoms with Crippen molar-refractivity contribution in [3.8, 4) is 0 Å². The van der Waals surface area contributed by atoms with Crippen LogP contribution < -0.4 is 5.32 Å². The normalized spacial score (nSPS) is 11.6. The zero-order valence-corrected chi connectivity index (χ0v) is 14.2. The predicted molar refractivity (Wildman–Crippen MR) is 91.8 cm³/mol. The minimum absolute atomic E-state index is 0.0920. The summed E-state index contributed by atoms with van der Waals surface area (Å²) in [5, 5.41) is 13.7. The van der Waals surface area contributed by atoms with Crippen LogP contribution in [0.15, 0.2) is 48.7 Å². The molecule has 3 rings (SSSR count). The van der Waals surface area contributed by atoms with Crippen molar-refractivity contribution in [2.24, 2.45) is 0 Å². The summed E-state index contributed by atoms with van der Waals surface area (Å²) < 4.78 is 53.6. The van der Waals surface area contributed by atoms with Gasteiger partial charge in [0.2, 0.25) is 5.91 Å². The third kappa shape index (κ3) is 4.11. The van der Waals surface area contributed by atoms with Crippen molar-refractivity contribution < 1.29 is 27.3 Å². The van der Waals surface area contributed by atoms with Crippen LogP contribution in [0.4, 0.5) is 23.2 Å². The van der Waals surface area contributed by atoms with Crippen molar-refractivity contribution in [2.75, 3.05) is 0 Å². The van der Waals surface area contributed by atoms with E-state index in [1.54, 1.807) is 12.3 Å². The lowest BCUT2D eigenvalue weighted by Gasteiger charge is -2.14. The van der Waals surface area contributed by atoms with Crippen LogP contribution in [-0.2, 0) is 24.1 Å². The third-order valence-electron chi connectivity index (χ3n) is 4.13. The highest BCUT2D eigenvalue weighted by Gasteiger charge is 2.33. The van der Waals surface area contributed by atoms with E-state index in [0.29, 0.717) is 17.0 Å². The molecule has 1 heterocycles. The fourth-order valence-electron chi connectivity index (χ4n) is 2.81. The summed E-state index contributed by atoms with van der Waals surface area (Å²) >= 11 is 0. The lowest BCUT2D eigenvalue weighted by atomic mass is 10.1. The van der Waals surface area contributed by atoms with E-state index >= 15 is 0 Å². The summed E-state index contributed by atoms with van der Waals surface area (Å²) in [7, 11) is 0. The van der Waals surface area contributed by atoms with E-state index in [-0.39, 0.29) is 17.8 Å². The Morgan fingerprint density at radius 3 is 2.57 bits per heavy atom. The topological polar surface area (TPSA) is 77.2 Å². The van der Waals surface area contributed by atoms with Crippen LogP contribution in [0.1, 0.15) is 11.1 Å². The van der Waals surface area contributed by atoms with Crippen molar-refractivity contribution in [1.82, 2.24) is 9.88 Å². The number of nitrogens with zero attached hydrogens (tertiary/aromatic N) is 2. The zero-order valence-electron chi connectivity index (χ0n) is 14.2. The van der Waals surface area contributed by atoms with Gasteiger partial charge < -0.3 is 9.88 Å². The Bertz CT molecular complexity index is 1060. The maximum atomic E-state index is 13.1. The van der Waals surface area contributed by atoms with Gasteiger partial charge in [0.25, 0.3) is 5.69 Å². The van der Waals surface area contributed by atoms with Crippen molar-refractivity contribution in [1.29, 1.82) is 0 Å². The molecule has 2 aromatic carbocycles. The Hall–Kier alpha value is -3.43. The van der Waals surface area contributed by atoms with Crippen molar-refractivity contribution in [3.05, 3.63) is 75.7 Å². The van der Waals surface area contributed by atoms with Gasteiger partial charge in [-0.25, -0.2) is 4.39 Å². The fraction of sp³-hybridized carbons (Fsp3) is 0.167. The quantitative estimate of drug-likeness (QED) is 0.403. The average Bonchev–Trinajstić information content (AvgIpc) is 3.02. The molecule has 0 radical (unpaired) electrons. The van der Waals surface area contributed by atoms with Gasteiger partial charge in [0.15, 0.2) is 0 Å². The Kier molecular flexibility index (Phi) is 5.04. The first-order valence-corrected chi connectivity index (χ1v) is 8.01. The summed E-state index contributed by atoms with van der Waals surface area (Å²) in [5.74, 6) is -1.58. The molecule has 0 fully saturated rings. The number of rotatable bonds is 5. The van der Waals surface area contributed by atoms with E-state index in [2.05, 4.69) is 5.32 Å². The van der Waals surface area contributed by atoms with Crippen LogP contribution in [0.3, 0.4) is 0 Å². The van der Waals surface area contributed by atoms with E-state index in [4.69, 9.17) is 0 Å². The molecule has 0 bridgehead atoms. The number of aromatic nitrogens is 1. The molecule has 146 valence electrons. The summed E-state index contributed by atoms with van der Waals surface area (Å²) in [6.45, 7) is -0.609. The molecule has 0 unspecified atom stereocenters. The molecule has 0 saturated heterocycles. The van der Waals surface area contributed by atoms with Crippen LogP contribution in [0.25, 0.3) is 10.9 Å². The molecule has 0 aliphatic carbocycles. The van der Waals surface area contributed by atoms with Gasteiger partial charge in [-0.2, -0.15) is 13.2 Å². The Labute approximate surface area is 155 Å². The molecule has 0 aliphatic rings. The van der Waals surface area contributed by atoms with Gasteiger partial charge in [0.05, 0.1) is 10.5 Å². The molecule has 6 nitrogen and oxygen atoms in total. The summed E-state index contributed by atoms with van der Waals surface area (Å²) in [5.41, 5.74) is -0.925. The smallest absolute Gasteiger partial charge is 0.350 e. The summed E-state index contributed by atoms with van der Waals surface area (Å²) in [6, 6.07) is 7.99. The Morgan fingerprint density at radius 2 is 1.89 bits per heavy atom. The number of nitro groups is 1. The SMILES string of the molecule is O=C(Cn1ccc2cc([N+](=O)[O-])ccc21)NCc1ccc(F)cc1C(F)(F)F. The fourth-order valence-corrected chi connectivity index (χ4v) is 2.81.